The van der Waals surface area contributed by atoms with Gasteiger partial charge in [0.1, 0.15) is 10.3 Å². The number of amides is 1. The number of carbonyl (C=O) groups excluding carboxylic acids is 1. The number of sulfonamides is 1. The molecule has 1 amide bonds. The maximum atomic E-state index is 12.5. The lowest BCUT2D eigenvalue weighted by atomic mass is 10.3. The van der Waals surface area contributed by atoms with Gasteiger partial charge in [-0.15, -0.1) is 11.3 Å². The lowest BCUT2D eigenvalue weighted by Crippen LogP contribution is -2.54. The van der Waals surface area contributed by atoms with E-state index >= 15 is 0 Å². The predicted molar refractivity (Wildman–Crippen MR) is 69.9 cm³/mol. The van der Waals surface area contributed by atoms with Crippen molar-refractivity contribution in [2.24, 2.45) is 11.5 Å². The molecule has 1 aliphatic rings. The first-order valence-electron chi connectivity index (χ1n) is 5.64. The third-order valence-corrected chi connectivity index (χ3v) is 6.29. The molecule has 0 saturated carbocycles. The van der Waals surface area contributed by atoms with Crippen molar-refractivity contribution in [3.8, 4) is 0 Å². The quantitative estimate of drug-likeness (QED) is 0.746. The second-order valence-corrected chi connectivity index (χ2v) is 7.32. The van der Waals surface area contributed by atoms with Crippen molar-refractivity contribution in [1.29, 1.82) is 0 Å². The smallest absolute Gasteiger partial charge is 0.253 e. The number of morpholine rings is 1. The Labute approximate surface area is 115 Å². The first-order valence-corrected chi connectivity index (χ1v) is 7.90. The molecular weight excluding hydrogens is 290 g/mol. The van der Waals surface area contributed by atoms with Gasteiger partial charge in [-0.05, 0) is 12.1 Å². The minimum Gasteiger partial charge on any atom is -0.378 e. The average molecular weight is 305 g/mol. The summed E-state index contributed by atoms with van der Waals surface area (Å²) in [6, 6.07) is 2.20. The molecule has 9 heteroatoms. The van der Waals surface area contributed by atoms with E-state index < -0.39 is 22.0 Å². The largest absolute Gasteiger partial charge is 0.378 e. The van der Waals surface area contributed by atoms with Crippen LogP contribution in [0.4, 0.5) is 0 Å². The van der Waals surface area contributed by atoms with E-state index in [0.717, 1.165) is 20.5 Å². The fourth-order valence-corrected chi connectivity index (χ4v) is 4.75. The molecule has 0 radical (unpaired) electrons. The molecule has 106 valence electrons. The monoisotopic (exact) mass is 305 g/mol. The first kappa shape index (κ1) is 14.4. The molecule has 1 aromatic heterocycles. The molecule has 1 aliphatic heterocycles. The van der Waals surface area contributed by atoms with Gasteiger partial charge in [0.25, 0.3) is 10.0 Å². The summed E-state index contributed by atoms with van der Waals surface area (Å²) in [4.78, 5) is 12.1. The molecule has 1 unspecified atom stereocenters. The van der Waals surface area contributed by atoms with Crippen LogP contribution in [0.3, 0.4) is 0 Å². The molecule has 1 aromatic rings. The molecule has 4 N–H and O–H groups in total. The highest BCUT2D eigenvalue weighted by Gasteiger charge is 2.37. The second kappa shape index (κ2) is 5.55. The Bertz CT molecular complexity index is 569. The summed E-state index contributed by atoms with van der Waals surface area (Å²) >= 11 is 1.10. The molecule has 1 fully saturated rings. The van der Waals surface area contributed by atoms with Crippen molar-refractivity contribution in [3.63, 3.8) is 0 Å². The predicted octanol–water partition coefficient (Wildman–Crippen LogP) is -0.918. The van der Waals surface area contributed by atoms with Crippen LogP contribution in [0.2, 0.25) is 0 Å². The van der Waals surface area contributed by atoms with Gasteiger partial charge >= 0.3 is 0 Å². The Balaban J connectivity index is 2.34. The Morgan fingerprint density at radius 1 is 1.53 bits per heavy atom. The normalized spacial score (nSPS) is 21.4. The van der Waals surface area contributed by atoms with E-state index in [9.17, 15) is 13.2 Å². The summed E-state index contributed by atoms with van der Waals surface area (Å²) in [5, 5.41) is 0. The summed E-state index contributed by atoms with van der Waals surface area (Å²) in [6.07, 6.45) is 0. The molecule has 2 heterocycles. The highest BCUT2D eigenvalue weighted by Crippen LogP contribution is 2.27. The lowest BCUT2D eigenvalue weighted by Gasteiger charge is -2.31. The molecule has 1 saturated heterocycles. The summed E-state index contributed by atoms with van der Waals surface area (Å²) in [7, 11) is -3.73. The van der Waals surface area contributed by atoms with E-state index in [1.54, 1.807) is 6.07 Å². The van der Waals surface area contributed by atoms with E-state index in [4.69, 9.17) is 16.2 Å². The third-order valence-electron chi connectivity index (χ3n) is 2.81. The molecule has 0 spiro atoms. The molecule has 0 bridgehead atoms. The Kier molecular flexibility index (Phi) is 4.21. The van der Waals surface area contributed by atoms with E-state index in [1.807, 2.05) is 0 Å². The van der Waals surface area contributed by atoms with Crippen molar-refractivity contribution >= 4 is 27.3 Å². The van der Waals surface area contributed by atoms with Crippen LogP contribution in [0, 0.1) is 0 Å². The molecular formula is C10H15N3O4S2. The molecule has 0 aliphatic carbocycles. The van der Waals surface area contributed by atoms with Crippen molar-refractivity contribution in [2.75, 3.05) is 19.8 Å². The maximum Gasteiger partial charge on any atom is 0.253 e. The van der Waals surface area contributed by atoms with E-state index in [0.29, 0.717) is 0 Å². The Hall–Kier alpha value is -1.00. The summed E-state index contributed by atoms with van der Waals surface area (Å²) in [5.74, 6) is -0.709. The van der Waals surface area contributed by atoms with Crippen LogP contribution >= 0.6 is 11.3 Å². The van der Waals surface area contributed by atoms with Crippen LogP contribution in [0.15, 0.2) is 16.3 Å². The van der Waals surface area contributed by atoms with Gasteiger partial charge in [-0.3, -0.25) is 4.79 Å². The zero-order valence-corrected chi connectivity index (χ0v) is 11.7. The van der Waals surface area contributed by atoms with E-state index in [1.165, 1.54) is 6.07 Å². The Morgan fingerprint density at radius 2 is 2.26 bits per heavy atom. The number of rotatable bonds is 4. The number of thiophene rings is 1. The van der Waals surface area contributed by atoms with Gasteiger partial charge in [-0.2, -0.15) is 4.31 Å². The van der Waals surface area contributed by atoms with Crippen LogP contribution in [-0.2, 0) is 26.1 Å². The standard InChI is InChI=1S/C10H15N3O4S2/c11-5-7-1-2-9(18-7)19(15,16)13-3-4-17-6-8(13)10(12)14/h1-2,8H,3-6,11H2,(H2,12,14). The van der Waals surface area contributed by atoms with Crippen molar-refractivity contribution in [1.82, 2.24) is 4.31 Å². The van der Waals surface area contributed by atoms with Crippen molar-refractivity contribution < 1.29 is 17.9 Å². The van der Waals surface area contributed by atoms with Crippen molar-refractivity contribution in [2.45, 2.75) is 16.8 Å². The minimum absolute atomic E-state index is 0.0102. The minimum atomic E-state index is -3.73. The van der Waals surface area contributed by atoms with Crippen LogP contribution in [0.1, 0.15) is 4.88 Å². The van der Waals surface area contributed by atoms with Gasteiger partial charge in [-0.25, -0.2) is 8.42 Å². The highest BCUT2D eigenvalue weighted by atomic mass is 32.2. The number of primary amides is 1. The van der Waals surface area contributed by atoms with E-state index in [-0.39, 0.29) is 30.5 Å². The average Bonchev–Trinajstić information content (AvgIpc) is 2.88. The second-order valence-electron chi connectivity index (χ2n) is 4.03. The molecule has 0 aromatic carbocycles. The Morgan fingerprint density at radius 3 is 2.84 bits per heavy atom. The van der Waals surface area contributed by atoms with Crippen LogP contribution in [0.5, 0.6) is 0 Å². The fourth-order valence-electron chi connectivity index (χ4n) is 1.82. The fraction of sp³-hybridized carbons (Fsp3) is 0.500. The van der Waals surface area contributed by atoms with Gasteiger partial charge < -0.3 is 16.2 Å². The van der Waals surface area contributed by atoms with Gasteiger partial charge in [-0.1, -0.05) is 0 Å². The number of nitrogens with two attached hydrogens (primary N) is 2. The molecule has 1 atom stereocenters. The lowest BCUT2D eigenvalue weighted by molar-refractivity contribution is -0.125. The number of ether oxygens (including phenoxy) is 1. The first-order chi connectivity index (χ1) is 8.96. The molecule has 7 nitrogen and oxygen atoms in total. The van der Waals surface area contributed by atoms with Gasteiger partial charge in [0, 0.05) is 18.0 Å². The topological polar surface area (TPSA) is 116 Å². The van der Waals surface area contributed by atoms with Gasteiger partial charge in [0.05, 0.1) is 13.2 Å². The highest BCUT2D eigenvalue weighted by molar-refractivity contribution is 7.91. The summed E-state index contributed by atoms with van der Waals surface area (Å²) < 4.78 is 31.3. The van der Waals surface area contributed by atoms with Gasteiger partial charge in [0.2, 0.25) is 5.91 Å². The number of hydrogen-bond acceptors (Lipinski definition) is 6. The number of carbonyl (C=O) groups is 1. The van der Waals surface area contributed by atoms with Crippen LogP contribution < -0.4 is 11.5 Å². The maximum absolute atomic E-state index is 12.5. The SMILES string of the molecule is NCc1ccc(S(=O)(=O)N2CCOCC2C(N)=O)s1. The zero-order valence-electron chi connectivity index (χ0n) is 10.1. The summed E-state index contributed by atoms with van der Waals surface area (Å²) in [6.45, 7) is 0.635. The van der Waals surface area contributed by atoms with E-state index in [2.05, 4.69) is 0 Å². The summed E-state index contributed by atoms with van der Waals surface area (Å²) in [5.41, 5.74) is 10.7. The van der Waals surface area contributed by atoms with Crippen LogP contribution in [0.25, 0.3) is 0 Å². The third kappa shape index (κ3) is 2.79. The van der Waals surface area contributed by atoms with Crippen molar-refractivity contribution in [3.05, 3.63) is 17.0 Å². The molecule has 19 heavy (non-hydrogen) atoms. The van der Waals surface area contributed by atoms with Gasteiger partial charge in [0.15, 0.2) is 0 Å². The van der Waals surface area contributed by atoms with Crippen LogP contribution in [-0.4, -0.2) is 44.4 Å². The zero-order chi connectivity index (χ0) is 14.0. The number of hydrogen-bond donors (Lipinski definition) is 2. The molecule has 2 rings (SSSR count). The number of nitrogens with zero attached hydrogens (tertiary/aromatic N) is 1.